The number of fused-ring (bicyclic) bond motifs is 3. The molecule has 2 fully saturated rings. The van der Waals surface area contributed by atoms with E-state index in [4.69, 9.17) is 28.4 Å². The third-order valence-corrected chi connectivity index (χ3v) is 11.1. The number of nitrogens with one attached hydrogen (secondary N) is 1. The van der Waals surface area contributed by atoms with Gasteiger partial charge in [-0.05, 0) is 66.0 Å². The van der Waals surface area contributed by atoms with Crippen molar-refractivity contribution in [3.8, 4) is 28.7 Å². The number of non-ortho nitro benzene ring substituents is 1. The topological polar surface area (TPSA) is 188 Å². The van der Waals surface area contributed by atoms with E-state index in [0.717, 1.165) is 5.69 Å². The molecule has 2 amide bonds. The molecular weight excluding hydrogens is 724 g/mol. The summed E-state index contributed by atoms with van der Waals surface area (Å²) in [6, 6.07) is 12.2. The Balaban J connectivity index is 1.13. The molecule has 4 aliphatic rings. The molecule has 7 rings (SSSR count). The summed E-state index contributed by atoms with van der Waals surface area (Å²) in [7, 11) is 2.83. The van der Waals surface area contributed by atoms with Gasteiger partial charge in [0.05, 0.1) is 31.7 Å². The Morgan fingerprint density at radius 2 is 1.65 bits per heavy atom. The van der Waals surface area contributed by atoms with Crippen molar-refractivity contribution in [1.82, 2.24) is 10.2 Å². The average molecular weight is 765 g/mol. The van der Waals surface area contributed by atoms with E-state index in [-0.39, 0.29) is 42.2 Å². The van der Waals surface area contributed by atoms with Crippen LogP contribution in [0.2, 0.25) is 0 Å². The number of esters is 1. The van der Waals surface area contributed by atoms with Gasteiger partial charge in [0, 0.05) is 61.4 Å². The fourth-order valence-corrected chi connectivity index (χ4v) is 8.20. The summed E-state index contributed by atoms with van der Waals surface area (Å²) >= 11 is 1.54. The van der Waals surface area contributed by atoms with Crippen molar-refractivity contribution in [1.29, 1.82) is 0 Å². The standard InChI is InChI=1S/C37H40N4O12S/c1-48-29-14-20(15-30(49-2)33(29)42)31-23-16-27-28(52-19-51-27)17-24(23)34(25-18-50-36(44)32(25)31)53-37(45)38-26(8-13-54-3)35(43)40-11-9-39(10-12-40)21-4-6-22(7-5-21)41(46)47/h4-7,14-17,25-26,31-32,34,42H,8-13,18-19H2,1-3H3,(H,38,45)/t25-,26-,31+,32-,34+/m0/s1. The Bertz CT molecular complexity index is 1910. The Morgan fingerprint density at radius 3 is 2.26 bits per heavy atom. The molecule has 0 spiro atoms. The van der Waals surface area contributed by atoms with Gasteiger partial charge in [0.25, 0.3) is 5.69 Å². The number of cyclic esters (lactones) is 1. The van der Waals surface area contributed by atoms with Crippen molar-refractivity contribution in [2.75, 3.05) is 70.7 Å². The molecule has 3 aromatic carbocycles. The monoisotopic (exact) mass is 764 g/mol. The van der Waals surface area contributed by atoms with Crippen LogP contribution >= 0.6 is 11.8 Å². The van der Waals surface area contributed by atoms with Crippen LogP contribution in [0.5, 0.6) is 28.7 Å². The van der Waals surface area contributed by atoms with Crippen molar-refractivity contribution in [3.05, 3.63) is 75.3 Å². The van der Waals surface area contributed by atoms with Gasteiger partial charge >= 0.3 is 12.1 Å². The van der Waals surface area contributed by atoms with Crippen LogP contribution in [0.15, 0.2) is 48.5 Å². The van der Waals surface area contributed by atoms with Gasteiger partial charge < -0.3 is 48.6 Å². The lowest BCUT2D eigenvalue weighted by molar-refractivity contribution is -0.384. The number of amides is 2. The molecule has 17 heteroatoms. The lowest BCUT2D eigenvalue weighted by atomic mass is 9.66. The molecule has 5 atom stereocenters. The van der Waals surface area contributed by atoms with Crippen LogP contribution in [0, 0.1) is 22.0 Å². The zero-order valence-corrected chi connectivity index (χ0v) is 30.7. The molecule has 0 aromatic heterocycles. The highest BCUT2D eigenvalue weighted by molar-refractivity contribution is 7.98. The van der Waals surface area contributed by atoms with Crippen molar-refractivity contribution in [2.24, 2.45) is 11.8 Å². The van der Waals surface area contributed by atoms with Crippen LogP contribution in [-0.4, -0.2) is 105 Å². The molecule has 0 unspecified atom stereocenters. The number of benzene rings is 3. The van der Waals surface area contributed by atoms with Crippen LogP contribution in [0.1, 0.15) is 35.1 Å². The molecule has 286 valence electrons. The predicted octanol–water partition coefficient (Wildman–Crippen LogP) is 4.22. The predicted molar refractivity (Wildman–Crippen MR) is 195 cm³/mol. The van der Waals surface area contributed by atoms with Crippen molar-refractivity contribution >= 4 is 41.1 Å². The minimum Gasteiger partial charge on any atom is -0.502 e. The van der Waals surface area contributed by atoms with Gasteiger partial charge in [0.2, 0.25) is 18.4 Å². The van der Waals surface area contributed by atoms with E-state index in [2.05, 4.69) is 10.2 Å². The molecule has 0 radical (unpaired) electrons. The number of nitro groups is 1. The summed E-state index contributed by atoms with van der Waals surface area (Å²) in [4.78, 5) is 55.6. The summed E-state index contributed by atoms with van der Waals surface area (Å²) in [5.41, 5.74) is 2.65. The third-order valence-electron chi connectivity index (χ3n) is 10.4. The number of hydrogen-bond acceptors (Lipinski definition) is 14. The fraction of sp³-hybridized carbons (Fsp3) is 0.432. The number of alkyl carbamates (subject to hydrolysis) is 1. The molecule has 16 nitrogen and oxygen atoms in total. The van der Waals surface area contributed by atoms with E-state index in [1.807, 2.05) is 6.26 Å². The van der Waals surface area contributed by atoms with E-state index in [1.54, 1.807) is 53.1 Å². The van der Waals surface area contributed by atoms with Gasteiger partial charge in [-0.3, -0.25) is 19.7 Å². The second-order valence-corrected chi connectivity index (χ2v) is 14.3. The fourth-order valence-electron chi connectivity index (χ4n) is 7.73. The SMILES string of the molecule is COc1cc([C@@H]2c3cc4c(cc3[C@@H](OC(=O)N[C@@H](CCSC)C(=O)N3CCN(c5ccc([N+](=O)[O-])cc5)CC3)[C@H]3COC(=O)[C@H]23)OCO4)cc(OC)c1O. The molecule has 54 heavy (non-hydrogen) atoms. The number of methoxy groups -OCH3 is 2. The maximum atomic E-state index is 13.9. The molecule has 2 saturated heterocycles. The van der Waals surface area contributed by atoms with Crippen LogP contribution < -0.4 is 29.2 Å². The van der Waals surface area contributed by atoms with Crippen LogP contribution in [0.4, 0.5) is 16.2 Å². The van der Waals surface area contributed by atoms with Gasteiger partial charge in [0.15, 0.2) is 23.0 Å². The van der Waals surface area contributed by atoms with Gasteiger partial charge in [-0.2, -0.15) is 11.8 Å². The minimum atomic E-state index is -0.954. The molecule has 3 aromatic rings. The number of thioether (sulfide) groups is 1. The van der Waals surface area contributed by atoms with E-state index in [1.165, 1.54) is 26.4 Å². The van der Waals surface area contributed by atoms with E-state index >= 15 is 0 Å². The first-order valence-corrected chi connectivity index (χ1v) is 18.8. The quantitative estimate of drug-likeness (QED) is 0.160. The lowest BCUT2D eigenvalue weighted by Crippen LogP contribution is -2.55. The van der Waals surface area contributed by atoms with Crippen molar-refractivity contribution in [3.63, 3.8) is 0 Å². The van der Waals surface area contributed by atoms with Crippen molar-refractivity contribution < 1.29 is 52.8 Å². The van der Waals surface area contributed by atoms with Crippen LogP contribution in [0.25, 0.3) is 0 Å². The molecule has 2 N–H and O–H groups in total. The van der Waals surface area contributed by atoms with Gasteiger partial charge in [-0.25, -0.2) is 4.79 Å². The Labute approximate surface area is 314 Å². The number of rotatable bonds is 11. The highest BCUT2D eigenvalue weighted by Gasteiger charge is 2.54. The Hall–Kier alpha value is -5.58. The molecule has 0 bridgehead atoms. The van der Waals surface area contributed by atoms with Crippen molar-refractivity contribution in [2.45, 2.75) is 24.5 Å². The third kappa shape index (κ3) is 6.95. The number of carbonyl (C=O) groups excluding carboxylic acids is 3. The number of carbonyl (C=O) groups is 3. The second kappa shape index (κ2) is 15.4. The zero-order chi connectivity index (χ0) is 38.1. The molecule has 3 aliphatic heterocycles. The maximum Gasteiger partial charge on any atom is 0.408 e. The molecule has 0 saturated carbocycles. The number of hydrogen-bond donors (Lipinski definition) is 2. The first-order chi connectivity index (χ1) is 26.1. The van der Waals surface area contributed by atoms with E-state index in [9.17, 15) is 29.6 Å². The van der Waals surface area contributed by atoms with Crippen LogP contribution in [-0.2, 0) is 19.1 Å². The summed E-state index contributed by atoms with van der Waals surface area (Å²) in [6.07, 6.45) is 0.498. The van der Waals surface area contributed by atoms with Gasteiger partial charge in [-0.1, -0.05) is 0 Å². The number of anilines is 1. The van der Waals surface area contributed by atoms with Gasteiger partial charge in [-0.15, -0.1) is 0 Å². The normalized spacial score (nSPS) is 21.7. The Kier molecular flexibility index (Phi) is 10.5. The van der Waals surface area contributed by atoms with E-state index < -0.39 is 46.9 Å². The lowest BCUT2D eigenvalue weighted by Gasteiger charge is -2.39. The highest BCUT2D eigenvalue weighted by Crippen LogP contribution is 2.56. The number of piperazine rings is 1. The number of nitro benzene ring substituents is 1. The summed E-state index contributed by atoms with van der Waals surface area (Å²) in [6.45, 7) is 1.77. The maximum absolute atomic E-state index is 13.9. The van der Waals surface area contributed by atoms with Gasteiger partial charge in [0.1, 0.15) is 12.1 Å². The molecule has 1 aliphatic carbocycles. The second-order valence-electron chi connectivity index (χ2n) is 13.3. The number of ether oxygens (including phenoxy) is 6. The summed E-state index contributed by atoms with van der Waals surface area (Å²) in [5.74, 6) is -1.13. The van der Waals surface area contributed by atoms with Crippen LogP contribution in [0.3, 0.4) is 0 Å². The number of phenolic OH excluding ortho intramolecular Hbond substituents is 1. The zero-order valence-electron chi connectivity index (χ0n) is 29.9. The number of nitrogens with zero attached hydrogens (tertiary/aromatic N) is 3. The first kappa shape index (κ1) is 36.8. The highest BCUT2D eigenvalue weighted by atomic mass is 32.2. The largest absolute Gasteiger partial charge is 0.502 e. The minimum absolute atomic E-state index is 0.00574. The summed E-state index contributed by atoms with van der Waals surface area (Å²) < 4.78 is 34.1. The Morgan fingerprint density at radius 1 is 1.00 bits per heavy atom. The van der Waals surface area contributed by atoms with E-state index in [0.29, 0.717) is 66.5 Å². The number of aromatic hydroxyl groups is 1. The molecule has 3 heterocycles. The molecular formula is C37H40N4O12S. The number of phenols is 1. The average Bonchev–Trinajstić information content (AvgIpc) is 3.81. The first-order valence-electron chi connectivity index (χ1n) is 17.4. The smallest absolute Gasteiger partial charge is 0.408 e. The summed E-state index contributed by atoms with van der Waals surface area (Å²) in [5, 5.41) is 24.5.